The number of amides is 1. The monoisotopic (exact) mass is 389 g/mol. The summed E-state index contributed by atoms with van der Waals surface area (Å²) in [7, 11) is 1.78. The first-order chi connectivity index (χ1) is 12.9. The van der Waals surface area contributed by atoms with Crippen LogP contribution in [0.5, 0.6) is 0 Å². The van der Waals surface area contributed by atoms with Crippen molar-refractivity contribution in [1.29, 1.82) is 0 Å². The topological polar surface area (TPSA) is 74.0 Å². The molecule has 1 saturated heterocycles. The Hall–Kier alpha value is -2.35. The maximum absolute atomic E-state index is 12.4. The van der Waals surface area contributed by atoms with Crippen molar-refractivity contribution in [2.75, 3.05) is 33.2 Å². The standard InChI is InChI=1S/C19H27N5O2S/c1-19(2,3)17-22-14(13-27-17)12-21-18(20-4)24-9-7-23(8-10-24)16(25)15-6-5-11-26-15/h5-6,11,13H,7-10,12H2,1-4H3,(H,20,21). The van der Waals surface area contributed by atoms with E-state index in [1.165, 1.54) is 6.26 Å². The van der Waals surface area contributed by atoms with Crippen molar-refractivity contribution >= 4 is 23.2 Å². The Morgan fingerprint density at radius 1 is 1.30 bits per heavy atom. The van der Waals surface area contributed by atoms with Crippen LogP contribution in [0.1, 0.15) is 42.0 Å². The van der Waals surface area contributed by atoms with Gasteiger partial charge in [0.2, 0.25) is 0 Å². The van der Waals surface area contributed by atoms with Crippen LogP contribution in [0, 0.1) is 0 Å². The number of thiazole rings is 1. The molecular formula is C19H27N5O2S. The van der Waals surface area contributed by atoms with Gasteiger partial charge in [0.15, 0.2) is 11.7 Å². The third kappa shape index (κ3) is 4.68. The molecule has 27 heavy (non-hydrogen) atoms. The average molecular weight is 390 g/mol. The number of aromatic nitrogens is 1. The normalized spacial score (nSPS) is 15.9. The average Bonchev–Trinajstić information content (AvgIpc) is 3.34. The summed E-state index contributed by atoms with van der Waals surface area (Å²) in [6.45, 7) is 9.91. The summed E-state index contributed by atoms with van der Waals surface area (Å²) in [4.78, 5) is 25.5. The zero-order valence-electron chi connectivity index (χ0n) is 16.4. The van der Waals surface area contributed by atoms with E-state index < -0.39 is 0 Å². The molecule has 1 aliphatic rings. The van der Waals surface area contributed by atoms with Gasteiger partial charge in [0, 0.05) is 44.0 Å². The van der Waals surface area contributed by atoms with Crippen LogP contribution in [-0.4, -0.2) is 59.9 Å². The van der Waals surface area contributed by atoms with E-state index in [1.807, 2.05) is 4.90 Å². The van der Waals surface area contributed by atoms with Crippen molar-refractivity contribution in [3.05, 3.63) is 40.2 Å². The van der Waals surface area contributed by atoms with E-state index in [4.69, 9.17) is 9.40 Å². The number of carbonyl (C=O) groups excluding carboxylic acids is 1. The number of nitrogens with one attached hydrogen (secondary N) is 1. The maximum atomic E-state index is 12.4. The highest BCUT2D eigenvalue weighted by Gasteiger charge is 2.25. The molecule has 0 spiro atoms. The number of aliphatic imine (C=N–C) groups is 1. The first-order valence-corrected chi connectivity index (χ1v) is 9.99. The van der Waals surface area contributed by atoms with Gasteiger partial charge in [0.1, 0.15) is 0 Å². The predicted molar refractivity (Wildman–Crippen MR) is 107 cm³/mol. The van der Waals surface area contributed by atoms with Crippen LogP contribution in [0.25, 0.3) is 0 Å². The molecule has 1 fully saturated rings. The van der Waals surface area contributed by atoms with E-state index >= 15 is 0 Å². The third-order valence-electron chi connectivity index (χ3n) is 4.43. The quantitative estimate of drug-likeness (QED) is 0.645. The van der Waals surface area contributed by atoms with E-state index in [0.29, 0.717) is 25.4 Å². The summed E-state index contributed by atoms with van der Waals surface area (Å²) < 4.78 is 5.21. The van der Waals surface area contributed by atoms with Crippen LogP contribution in [0.4, 0.5) is 0 Å². The van der Waals surface area contributed by atoms with Crippen LogP contribution in [-0.2, 0) is 12.0 Å². The third-order valence-corrected chi connectivity index (χ3v) is 5.75. The van der Waals surface area contributed by atoms with Crippen LogP contribution >= 0.6 is 11.3 Å². The van der Waals surface area contributed by atoms with E-state index in [-0.39, 0.29) is 11.3 Å². The van der Waals surface area contributed by atoms with Gasteiger partial charge >= 0.3 is 0 Å². The van der Waals surface area contributed by atoms with Crippen molar-refractivity contribution in [3.8, 4) is 0 Å². The minimum Gasteiger partial charge on any atom is -0.459 e. The van der Waals surface area contributed by atoms with Crippen molar-refractivity contribution < 1.29 is 9.21 Å². The number of carbonyl (C=O) groups is 1. The Labute approximate surface area is 164 Å². The van der Waals surface area contributed by atoms with Crippen molar-refractivity contribution in [3.63, 3.8) is 0 Å². The van der Waals surface area contributed by atoms with Gasteiger partial charge < -0.3 is 19.5 Å². The highest BCUT2D eigenvalue weighted by atomic mass is 32.1. The Morgan fingerprint density at radius 3 is 2.56 bits per heavy atom. The Bertz CT molecular complexity index is 783. The number of furan rings is 1. The van der Waals surface area contributed by atoms with E-state index in [1.54, 1.807) is 30.5 Å². The van der Waals surface area contributed by atoms with Crippen LogP contribution < -0.4 is 5.32 Å². The summed E-state index contributed by atoms with van der Waals surface area (Å²) >= 11 is 1.70. The second-order valence-corrected chi connectivity index (χ2v) is 8.41. The summed E-state index contributed by atoms with van der Waals surface area (Å²) in [5, 5.41) is 6.63. The van der Waals surface area contributed by atoms with E-state index in [9.17, 15) is 4.79 Å². The summed E-state index contributed by atoms with van der Waals surface area (Å²) in [5.74, 6) is 1.18. The molecule has 1 aliphatic heterocycles. The molecule has 0 saturated carbocycles. The van der Waals surface area contributed by atoms with Gasteiger partial charge in [-0.1, -0.05) is 20.8 Å². The Morgan fingerprint density at radius 2 is 2.00 bits per heavy atom. The number of rotatable bonds is 3. The Balaban J connectivity index is 1.52. The lowest BCUT2D eigenvalue weighted by Gasteiger charge is -2.36. The van der Waals surface area contributed by atoms with Gasteiger partial charge in [0.05, 0.1) is 23.5 Å². The minimum atomic E-state index is -0.0558. The molecule has 2 aromatic rings. The van der Waals surface area contributed by atoms with Crippen molar-refractivity contribution in [2.24, 2.45) is 4.99 Å². The molecule has 0 radical (unpaired) electrons. The first kappa shape index (κ1) is 19.4. The molecular weight excluding hydrogens is 362 g/mol. The smallest absolute Gasteiger partial charge is 0.289 e. The molecule has 1 amide bonds. The molecule has 1 N–H and O–H groups in total. The molecule has 146 valence electrons. The molecule has 0 atom stereocenters. The lowest BCUT2D eigenvalue weighted by atomic mass is 9.98. The molecule has 0 unspecified atom stereocenters. The van der Waals surface area contributed by atoms with Crippen molar-refractivity contribution in [1.82, 2.24) is 20.1 Å². The van der Waals surface area contributed by atoms with Crippen LogP contribution in [0.15, 0.2) is 33.2 Å². The Kier molecular flexibility index (Phi) is 5.84. The second-order valence-electron chi connectivity index (χ2n) is 7.55. The van der Waals surface area contributed by atoms with Gasteiger partial charge in [-0.25, -0.2) is 4.98 Å². The van der Waals surface area contributed by atoms with E-state index in [0.717, 1.165) is 29.8 Å². The van der Waals surface area contributed by atoms with Gasteiger partial charge in [-0.2, -0.15) is 0 Å². The SMILES string of the molecule is CN=C(NCc1csc(C(C)(C)C)n1)N1CCN(C(=O)c2ccco2)CC1. The van der Waals surface area contributed by atoms with Crippen LogP contribution in [0.2, 0.25) is 0 Å². The van der Waals surface area contributed by atoms with Crippen molar-refractivity contribution in [2.45, 2.75) is 32.7 Å². The van der Waals surface area contributed by atoms with E-state index in [2.05, 4.69) is 41.4 Å². The van der Waals surface area contributed by atoms with Gasteiger partial charge in [-0.15, -0.1) is 11.3 Å². The number of nitrogens with zero attached hydrogens (tertiary/aromatic N) is 4. The lowest BCUT2D eigenvalue weighted by Crippen LogP contribution is -2.53. The minimum absolute atomic E-state index is 0.0558. The second kappa shape index (κ2) is 8.12. The molecule has 2 aromatic heterocycles. The van der Waals surface area contributed by atoms with Gasteiger partial charge in [0.25, 0.3) is 5.91 Å². The molecule has 3 rings (SSSR count). The van der Waals surface area contributed by atoms with Gasteiger partial charge in [-0.05, 0) is 12.1 Å². The number of hydrogen-bond acceptors (Lipinski definition) is 5. The molecule has 8 heteroatoms. The fourth-order valence-electron chi connectivity index (χ4n) is 2.91. The summed E-state index contributed by atoms with van der Waals surface area (Å²) in [5.41, 5.74) is 1.10. The first-order valence-electron chi connectivity index (χ1n) is 9.12. The molecule has 0 aromatic carbocycles. The zero-order valence-corrected chi connectivity index (χ0v) is 17.2. The van der Waals surface area contributed by atoms with Crippen LogP contribution in [0.3, 0.4) is 0 Å². The molecule has 0 bridgehead atoms. The maximum Gasteiger partial charge on any atom is 0.289 e. The molecule has 0 aliphatic carbocycles. The van der Waals surface area contributed by atoms with Gasteiger partial charge in [-0.3, -0.25) is 9.79 Å². The highest BCUT2D eigenvalue weighted by molar-refractivity contribution is 7.09. The number of hydrogen-bond donors (Lipinski definition) is 1. The largest absolute Gasteiger partial charge is 0.459 e. The molecule has 7 nitrogen and oxygen atoms in total. The number of piperazine rings is 1. The lowest BCUT2D eigenvalue weighted by molar-refractivity contribution is 0.0657. The highest BCUT2D eigenvalue weighted by Crippen LogP contribution is 2.25. The zero-order chi connectivity index (χ0) is 19.4. The fourth-order valence-corrected chi connectivity index (χ4v) is 3.82. The summed E-state index contributed by atoms with van der Waals surface area (Å²) in [6, 6.07) is 3.44. The number of guanidine groups is 1. The molecule has 3 heterocycles. The fraction of sp³-hybridized carbons (Fsp3) is 0.526. The summed E-state index contributed by atoms with van der Waals surface area (Å²) in [6.07, 6.45) is 1.53. The predicted octanol–water partition coefficient (Wildman–Crippen LogP) is 2.57.